The number of carbonyl (C=O) groups is 1. The highest BCUT2D eigenvalue weighted by Gasteiger charge is 2.53. The third kappa shape index (κ3) is 6.22. The van der Waals surface area contributed by atoms with Gasteiger partial charge in [0.1, 0.15) is 11.3 Å². The van der Waals surface area contributed by atoms with Crippen molar-refractivity contribution in [1.29, 1.82) is 0 Å². The zero-order chi connectivity index (χ0) is 30.3. The lowest BCUT2D eigenvalue weighted by Crippen LogP contribution is -2.74. The molecule has 3 heterocycles. The first kappa shape index (κ1) is 31.2. The number of phenols is 1. The van der Waals surface area contributed by atoms with E-state index in [2.05, 4.69) is 13.8 Å². The predicted molar refractivity (Wildman–Crippen MR) is 167 cm³/mol. The highest BCUT2D eigenvalue weighted by molar-refractivity contribution is 6.56. The van der Waals surface area contributed by atoms with Crippen LogP contribution in [-0.4, -0.2) is 109 Å². The van der Waals surface area contributed by atoms with E-state index in [0.29, 0.717) is 25.9 Å². The molecule has 2 aromatic rings. The van der Waals surface area contributed by atoms with Crippen molar-refractivity contribution < 1.29 is 34.7 Å². The van der Waals surface area contributed by atoms with Crippen LogP contribution >= 0.6 is 0 Å². The van der Waals surface area contributed by atoms with Gasteiger partial charge in [0.05, 0.1) is 36.7 Å². The molecule has 41 heavy (non-hydrogen) atoms. The van der Waals surface area contributed by atoms with Crippen LogP contribution in [0.1, 0.15) is 49.3 Å². The minimum Gasteiger partial charge on any atom is -0.508 e. The van der Waals surface area contributed by atoms with Crippen LogP contribution in [-0.2, 0) is 22.2 Å². The van der Waals surface area contributed by atoms with Gasteiger partial charge in [0.2, 0.25) is 13.7 Å². The molecule has 0 unspecified atom stereocenters. The summed E-state index contributed by atoms with van der Waals surface area (Å²) in [5.74, 6) is -2.34. The first-order valence-corrected chi connectivity index (χ1v) is 14.1. The number of phenolic OH excluding ortho intramolecular Hbond substituents is 1. The highest BCUT2D eigenvalue weighted by atomic mass is 16.8. The molecule has 1 aromatic heterocycles. The number of fused-ring (bicyclic) bond motifs is 3. The molecule has 1 amide bonds. The lowest BCUT2D eigenvalue weighted by atomic mass is 9.59. The third-order valence-corrected chi connectivity index (χ3v) is 7.48. The maximum atomic E-state index is 14.5. The Morgan fingerprint density at radius 2 is 1.95 bits per heavy atom. The summed E-state index contributed by atoms with van der Waals surface area (Å²) in [5.41, 5.74) is 2.39. The fourth-order valence-corrected chi connectivity index (χ4v) is 5.78. The van der Waals surface area contributed by atoms with Gasteiger partial charge in [-0.1, -0.05) is 31.5 Å². The minimum absolute atomic E-state index is 0.0427. The molecule has 1 saturated heterocycles. The standard InChI is InChI=1S/C27H39B4N3O7/c1-5-7-17(6-2)33-23-18-9-16(8-15(3)4)21(35)10-20(18)31-11-19(23)22(32-33)24(36)34(26(28,29)37)25(12-40-13-25)14-41-27(30,38)39/h5-7,9-10,15,31,35,37-39H,8,11-14,28-30H2,1-4H3/b7-5-,17-6+. The van der Waals surface area contributed by atoms with Gasteiger partial charge >= 0.3 is 0 Å². The van der Waals surface area contributed by atoms with Gasteiger partial charge in [-0.05, 0) is 61.8 Å². The molecule has 2 aliphatic rings. The molecule has 4 rings (SSSR count). The fraction of sp³-hybridized carbons (Fsp3) is 0.481. The van der Waals surface area contributed by atoms with Crippen LogP contribution in [0.2, 0.25) is 0 Å². The van der Waals surface area contributed by atoms with Crippen molar-refractivity contribution >= 4 is 47.9 Å². The van der Waals surface area contributed by atoms with E-state index < -0.39 is 22.8 Å². The average Bonchev–Trinajstić information content (AvgIpc) is 3.22. The molecule has 14 heteroatoms. The van der Waals surface area contributed by atoms with Gasteiger partial charge in [-0.25, -0.2) is 4.68 Å². The van der Waals surface area contributed by atoms with Gasteiger partial charge in [0.25, 0.3) is 5.91 Å². The van der Waals surface area contributed by atoms with Gasteiger partial charge in [0.15, 0.2) is 28.7 Å². The number of rotatable bonds is 10. The van der Waals surface area contributed by atoms with Crippen LogP contribution in [0.15, 0.2) is 30.4 Å². The van der Waals surface area contributed by atoms with Gasteiger partial charge < -0.3 is 34.8 Å². The Labute approximate surface area is 244 Å². The zero-order valence-electron chi connectivity index (χ0n) is 25.1. The zero-order valence-corrected chi connectivity index (χ0v) is 25.1. The quantitative estimate of drug-likeness (QED) is 0.146. The third-order valence-electron chi connectivity index (χ3n) is 7.48. The van der Waals surface area contributed by atoms with Crippen LogP contribution < -0.4 is 5.46 Å². The second-order valence-electron chi connectivity index (χ2n) is 12.1. The largest absolute Gasteiger partial charge is 0.508 e. The lowest BCUT2D eigenvalue weighted by Gasteiger charge is -2.54. The number of benzene rings is 1. The van der Waals surface area contributed by atoms with E-state index in [1.165, 1.54) is 20.6 Å². The van der Waals surface area contributed by atoms with E-state index in [-0.39, 0.29) is 31.3 Å². The van der Waals surface area contributed by atoms with Crippen molar-refractivity contribution in [1.82, 2.24) is 14.7 Å². The second kappa shape index (κ2) is 11.5. The van der Waals surface area contributed by atoms with Crippen LogP contribution in [0.25, 0.3) is 17.0 Å². The Hall–Kier alpha value is -2.76. The SMILES string of the molecule is BC(O)(O)OCC1(N(C(=O)c2nn(C(/C=C\C)=C/C)c3c2CBc2cc(O)c(CC(C)C)cc2-3)C(B)(B)O)COC1. The van der Waals surface area contributed by atoms with E-state index in [0.717, 1.165) is 41.4 Å². The predicted octanol–water partition coefficient (Wildman–Crippen LogP) is -2.21. The number of carbonyl (C=O) groups excluding carboxylic acids is 1. The number of ether oxygens (including phenoxy) is 2. The van der Waals surface area contributed by atoms with Gasteiger partial charge in [-0.3, -0.25) is 4.79 Å². The monoisotopic (exact) mass is 561 g/mol. The van der Waals surface area contributed by atoms with E-state index in [4.69, 9.17) is 14.6 Å². The summed E-state index contributed by atoms with van der Waals surface area (Å²) in [6.45, 7) is 7.82. The number of allylic oxidation sites excluding steroid dienone is 4. The molecule has 0 spiro atoms. The number of aliphatic hydroxyl groups is 3. The fourth-order valence-electron chi connectivity index (χ4n) is 5.78. The summed E-state index contributed by atoms with van der Waals surface area (Å²) < 4.78 is 12.5. The molecule has 10 nitrogen and oxygen atoms in total. The molecule has 0 aliphatic carbocycles. The molecule has 1 aromatic carbocycles. The van der Waals surface area contributed by atoms with E-state index in [1.807, 2.05) is 44.2 Å². The molecule has 216 valence electrons. The Morgan fingerprint density at radius 1 is 1.27 bits per heavy atom. The maximum Gasteiger partial charge on any atom is 0.276 e. The topological polar surface area (TPSA) is 138 Å². The molecule has 1 fully saturated rings. The molecule has 0 atom stereocenters. The Kier molecular flexibility index (Phi) is 8.74. The summed E-state index contributed by atoms with van der Waals surface area (Å²) in [7, 11) is 4.68. The van der Waals surface area contributed by atoms with E-state index in [9.17, 15) is 25.2 Å². The number of nitrogens with zero attached hydrogens (tertiary/aromatic N) is 3. The number of hydrogen-bond acceptors (Lipinski definition) is 8. The van der Waals surface area contributed by atoms with Gasteiger partial charge in [0, 0.05) is 5.56 Å². The number of aromatic nitrogens is 2. The first-order chi connectivity index (χ1) is 19.1. The van der Waals surface area contributed by atoms with Crippen molar-refractivity contribution in [2.45, 2.75) is 57.4 Å². The van der Waals surface area contributed by atoms with Crippen molar-refractivity contribution in [3.63, 3.8) is 0 Å². The number of hydrogen-bond donors (Lipinski definition) is 4. The number of aromatic hydroxyl groups is 1. The molecule has 4 N–H and O–H groups in total. The van der Waals surface area contributed by atoms with Gasteiger partial charge in [-0.2, -0.15) is 5.10 Å². The molecule has 0 radical (unpaired) electrons. The van der Waals surface area contributed by atoms with Crippen LogP contribution in [0.3, 0.4) is 0 Å². The maximum absolute atomic E-state index is 14.5. The summed E-state index contributed by atoms with van der Waals surface area (Å²) in [5, 5.41) is 46.5. The van der Waals surface area contributed by atoms with Crippen LogP contribution in [0.5, 0.6) is 5.75 Å². The normalized spacial score (nSPS) is 16.7. The number of amides is 1. The first-order valence-electron chi connectivity index (χ1n) is 14.1. The van der Waals surface area contributed by atoms with Gasteiger partial charge in [-0.15, -0.1) is 0 Å². The lowest BCUT2D eigenvalue weighted by molar-refractivity contribution is -0.302. The van der Waals surface area contributed by atoms with Crippen LogP contribution in [0, 0.1) is 5.92 Å². The Bertz CT molecular complexity index is 1370. The summed E-state index contributed by atoms with van der Waals surface area (Å²) in [4.78, 5) is 15.8. The van der Waals surface area contributed by atoms with E-state index >= 15 is 0 Å². The van der Waals surface area contributed by atoms with Crippen molar-refractivity contribution in [3.05, 3.63) is 47.2 Å². The second-order valence-corrected chi connectivity index (χ2v) is 12.1. The summed E-state index contributed by atoms with van der Waals surface area (Å²) in [6, 6.07) is 3.83. The Morgan fingerprint density at radius 3 is 2.46 bits per heavy atom. The Balaban J connectivity index is 1.91. The molecular formula is C27H39B4N3O7. The molecular weight excluding hydrogens is 522 g/mol. The van der Waals surface area contributed by atoms with Crippen molar-refractivity contribution in [2.75, 3.05) is 19.8 Å². The van der Waals surface area contributed by atoms with Crippen molar-refractivity contribution in [2.24, 2.45) is 5.92 Å². The smallest absolute Gasteiger partial charge is 0.276 e. The molecule has 2 aliphatic heterocycles. The van der Waals surface area contributed by atoms with E-state index in [1.54, 1.807) is 4.68 Å². The average molecular weight is 561 g/mol. The minimum atomic E-state index is -2.42. The summed E-state index contributed by atoms with van der Waals surface area (Å²) in [6.07, 6.45) is 6.93. The van der Waals surface area contributed by atoms with Crippen molar-refractivity contribution in [3.8, 4) is 17.0 Å². The highest BCUT2D eigenvalue weighted by Crippen LogP contribution is 2.38. The van der Waals surface area contributed by atoms with Crippen LogP contribution in [0.4, 0.5) is 0 Å². The summed E-state index contributed by atoms with van der Waals surface area (Å²) >= 11 is 0. The molecule has 0 bridgehead atoms. The molecule has 0 saturated carbocycles.